The van der Waals surface area contributed by atoms with Gasteiger partial charge in [0.1, 0.15) is 0 Å². The molecule has 2 rings (SSSR count). The summed E-state index contributed by atoms with van der Waals surface area (Å²) in [5, 5.41) is 14.4. The van der Waals surface area contributed by atoms with Gasteiger partial charge in [0.2, 0.25) is 5.82 Å². The monoisotopic (exact) mass is 251 g/mol. The zero-order valence-electron chi connectivity index (χ0n) is 10.2. The molecule has 0 radical (unpaired) electrons. The van der Waals surface area contributed by atoms with Crippen molar-refractivity contribution in [2.75, 3.05) is 7.05 Å². The van der Waals surface area contributed by atoms with Crippen LogP contribution in [0.25, 0.3) is 0 Å². The number of aromatic nitrogens is 4. The summed E-state index contributed by atoms with van der Waals surface area (Å²) in [5.41, 5.74) is 0.751. The lowest BCUT2D eigenvalue weighted by atomic mass is 10.2. The highest BCUT2D eigenvalue weighted by Crippen LogP contribution is 2.23. The molecule has 6 nitrogen and oxygen atoms in total. The Balaban J connectivity index is 2.12. The number of benzene rings is 1. The number of nitrogens with one attached hydrogen (secondary N) is 1. The van der Waals surface area contributed by atoms with E-state index in [1.165, 1.54) is 10.9 Å². The van der Waals surface area contributed by atoms with Crippen LogP contribution in [0.1, 0.15) is 11.4 Å². The molecule has 0 amide bonds. The Morgan fingerprint density at radius 2 is 2.28 bits per heavy atom. The Labute approximate surface area is 104 Å². The molecule has 1 heterocycles. The summed E-state index contributed by atoms with van der Waals surface area (Å²) >= 11 is 0. The zero-order chi connectivity index (χ0) is 13.0. The minimum Gasteiger partial charge on any atom is -0.482 e. The van der Waals surface area contributed by atoms with Gasteiger partial charge in [-0.2, -0.15) is 4.80 Å². The lowest BCUT2D eigenvalue weighted by molar-refractivity contribution is 0.277. The van der Waals surface area contributed by atoms with Crippen molar-refractivity contribution in [1.82, 2.24) is 25.5 Å². The molecule has 96 valence electrons. The summed E-state index contributed by atoms with van der Waals surface area (Å²) in [7, 11) is 3.45. The summed E-state index contributed by atoms with van der Waals surface area (Å²) in [6.07, 6.45) is 0. The molecule has 1 aromatic heterocycles. The first-order valence-corrected chi connectivity index (χ1v) is 5.48. The van der Waals surface area contributed by atoms with Crippen LogP contribution < -0.4 is 10.1 Å². The third kappa shape index (κ3) is 2.80. The SMILES string of the molecule is CNCc1cccc(F)c1OCc1nnn(C)n1. The smallest absolute Gasteiger partial charge is 0.212 e. The molecule has 2 aromatic rings. The van der Waals surface area contributed by atoms with Crippen LogP contribution >= 0.6 is 0 Å². The van der Waals surface area contributed by atoms with Gasteiger partial charge in [-0.1, -0.05) is 12.1 Å². The normalized spacial score (nSPS) is 10.6. The fraction of sp³-hybridized carbons (Fsp3) is 0.364. The van der Waals surface area contributed by atoms with Crippen LogP contribution in [0.2, 0.25) is 0 Å². The maximum Gasteiger partial charge on any atom is 0.212 e. The second-order valence-corrected chi connectivity index (χ2v) is 3.74. The molecule has 1 aromatic carbocycles. The maximum absolute atomic E-state index is 13.7. The van der Waals surface area contributed by atoms with E-state index < -0.39 is 5.82 Å². The Bertz CT molecular complexity index is 528. The Morgan fingerprint density at radius 3 is 2.94 bits per heavy atom. The minimum absolute atomic E-state index is 0.0888. The van der Waals surface area contributed by atoms with E-state index in [2.05, 4.69) is 20.7 Å². The van der Waals surface area contributed by atoms with Gasteiger partial charge in [0.25, 0.3) is 0 Å². The van der Waals surface area contributed by atoms with Gasteiger partial charge in [0.05, 0.1) is 7.05 Å². The molecule has 0 saturated carbocycles. The first kappa shape index (κ1) is 12.4. The lowest BCUT2D eigenvalue weighted by Gasteiger charge is -2.10. The standard InChI is InChI=1S/C11H14FN5O/c1-13-6-8-4-3-5-9(12)11(8)18-7-10-14-16-17(2)15-10/h3-5,13H,6-7H2,1-2H3. The average molecular weight is 251 g/mol. The van der Waals surface area contributed by atoms with E-state index >= 15 is 0 Å². The average Bonchev–Trinajstić information content (AvgIpc) is 2.75. The van der Waals surface area contributed by atoms with Gasteiger partial charge < -0.3 is 10.1 Å². The van der Waals surface area contributed by atoms with Crippen molar-refractivity contribution in [1.29, 1.82) is 0 Å². The molecular weight excluding hydrogens is 237 g/mol. The van der Waals surface area contributed by atoms with Crippen LogP contribution in [-0.2, 0) is 20.2 Å². The van der Waals surface area contributed by atoms with Crippen molar-refractivity contribution in [2.45, 2.75) is 13.2 Å². The molecule has 0 spiro atoms. The lowest BCUT2D eigenvalue weighted by Crippen LogP contribution is -2.09. The number of para-hydroxylation sites is 1. The van der Waals surface area contributed by atoms with Crippen molar-refractivity contribution in [3.63, 3.8) is 0 Å². The fourth-order valence-corrected chi connectivity index (χ4v) is 1.56. The molecular formula is C11H14FN5O. The van der Waals surface area contributed by atoms with Gasteiger partial charge in [0.15, 0.2) is 18.2 Å². The molecule has 1 N–H and O–H groups in total. The molecule has 0 aliphatic carbocycles. The van der Waals surface area contributed by atoms with Crippen LogP contribution in [0.15, 0.2) is 18.2 Å². The second-order valence-electron chi connectivity index (χ2n) is 3.74. The second kappa shape index (κ2) is 5.54. The van der Waals surface area contributed by atoms with E-state index in [4.69, 9.17) is 4.74 Å². The van der Waals surface area contributed by atoms with Gasteiger partial charge in [0, 0.05) is 12.1 Å². The molecule has 0 bridgehead atoms. The highest BCUT2D eigenvalue weighted by Gasteiger charge is 2.10. The number of tetrazole rings is 1. The van der Waals surface area contributed by atoms with E-state index in [9.17, 15) is 4.39 Å². The van der Waals surface area contributed by atoms with E-state index in [1.54, 1.807) is 26.2 Å². The molecule has 0 fully saturated rings. The summed E-state index contributed by atoms with van der Waals surface area (Å²) in [6.45, 7) is 0.618. The molecule has 0 aliphatic rings. The quantitative estimate of drug-likeness (QED) is 0.845. The van der Waals surface area contributed by atoms with E-state index in [0.717, 1.165) is 5.56 Å². The fourth-order valence-electron chi connectivity index (χ4n) is 1.56. The van der Waals surface area contributed by atoms with Crippen molar-refractivity contribution >= 4 is 0 Å². The molecule has 0 unspecified atom stereocenters. The Hall–Kier alpha value is -2.02. The summed E-state index contributed by atoms with van der Waals surface area (Å²) in [4.78, 5) is 1.33. The summed E-state index contributed by atoms with van der Waals surface area (Å²) < 4.78 is 19.1. The van der Waals surface area contributed by atoms with Gasteiger partial charge in [-0.05, 0) is 18.3 Å². The highest BCUT2D eigenvalue weighted by molar-refractivity contribution is 5.34. The number of aryl methyl sites for hydroxylation is 1. The maximum atomic E-state index is 13.7. The predicted molar refractivity (Wildman–Crippen MR) is 62.3 cm³/mol. The largest absolute Gasteiger partial charge is 0.482 e. The van der Waals surface area contributed by atoms with Gasteiger partial charge in [-0.3, -0.25) is 0 Å². The van der Waals surface area contributed by atoms with Gasteiger partial charge in [-0.25, -0.2) is 4.39 Å². The first-order valence-electron chi connectivity index (χ1n) is 5.48. The Morgan fingerprint density at radius 1 is 1.44 bits per heavy atom. The van der Waals surface area contributed by atoms with Crippen LogP contribution in [0.5, 0.6) is 5.75 Å². The highest BCUT2D eigenvalue weighted by atomic mass is 19.1. The third-order valence-electron chi connectivity index (χ3n) is 2.31. The molecule has 0 saturated heterocycles. The van der Waals surface area contributed by atoms with E-state index in [0.29, 0.717) is 12.4 Å². The van der Waals surface area contributed by atoms with Crippen molar-refractivity contribution in [2.24, 2.45) is 7.05 Å². The molecule has 0 aliphatic heterocycles. The zero-order valence-corrected chi connectivity index (χ0v) is 10.2. The number of nitrogens with zero attached hydrogens (tertiary/aromatic N) is 4. The number of hydrogen-bond donors (Lipinski definition) is 1. The summed E-state index contributed by atoms with van der Waals surface area (Å²) in [6, 6.07) is 4.81. The number of ether oxygens (including phenoxy) is 1. The molecule has 0 atom stereocenters. The number of rotatable bonds is 5. The number of halogens is 1. The third-order valence-corrected chi connectivity index (χ3v) is 2.31. The predicted octanol–water partition coefficient (Wildman–Crippen LogP) is 0.648. The topological polar surface area (TPSA) is 64.9 Å². The van der Waals surface area contributed by atoms with E-state index in [-0.39, 0.29) is 12.4 Å². The molecule has 18 heavy (non-hydrogen) atoms. The van der Waals surface area contributed by atoms with Gasteiger partial charge in [-0.15, -0.1) is 10.2 Å². The minimum atomic E-state index is -0.397. The van der Waals surface area contributed by atoms with Crippen LogP contribution in [0, 0.1) is 5.82 Å². The Kier molecular flexibility index (Phi) is 3.83. The first-order chi connectivity index (χ1) is 8.70. The van der Waals surface area contributed by atoms with E-state index in [1.807, 2.05) is 0 Å². The van der Waals surface area contributed by atoms with Crippen LogP contribution in [0.3, 0.4) is 0 Å². The van der Waals surface area contributed by atoms with Crippen LogP contribution in [-0.4, -0.2) is 27.3 Å². The molecule has 7 heteroatoms. The number of hydrogen-bond acceptors (Lipinski definition) is 5. The summed E-state index contributed by atoms with van der Waals surface area (Å²) in [5.74, 6) is 0.238. The van der Waals surface area contributed by atoms with Gasteiger partial charge >= 0.3 is 0 Å². The van der Waals surface area contributed by atoms with Crippen molar-refractivity contribution < 1.29 is 9.13 Å². The van der Waals surface area contributed by atoms with Crippen molar-refractivity contribution in [3.05, 3.63) is 35.4 Å². The van der Waals surface area contributed by atoms with Crippen LogP contribution in [0.4, 0.5) is 4.39 Å². The van der Waals surface area contributed by atoms with Crippen molar-refractivity contribution in [3.8, 4) is 5.75 Å².